The van der Waals surface area contributed by atoms with E-state index in [2.05, 4.69) is 10.3 Å². The first-order chi connectivity index (χ1) is 9.08. The van der Waals surface area contributed by atoms with E-state index in [4.69, 9.17) is 10.8 Å². The molecule has 19 heavy (non-hydrogen) atoms. The van der Waals surface area contributed by atoms with Crippen LogP contribution >= 0.6 is 11.3 Å². The summed E-state index contributed by atoms with van der Waals surface area (Å²) in [5.74, 6) is -1.01. The van der Waals surface area contributed by atoms with Crippen molar-refractivity contribution in [2.24, 2.45) is 0 Å². The number of nitrogens with two attached hydrogens (primary N) is 1. The van der Waals surface area contributed by atoms with Gasteiger partial charge in [-0.1, -0.05) is 0 Å². The number of aromatic nitrogens is 1. The second-order valence-corrected chi connectivity index (χ2v) is 5.14. The molecule has 0 aliphatic rings. The van der Waals surface area contributed by atoms with Crippen molar-refractivity contribution >= 4 is 28.7 Å². The van der Waals surface area contributed by atoms with Gasteiger partial charge in [0, 0.05) is 35.9 Å². The highest BCUT2D eigenvalue weighted by Crippen LogP contribution is 2.22. The van der Waals surface area contributed by atoms with Gasteiger partial charge in [0.15, 0.2) is 0 Å². The zero-order chi connectivity index (χ0) is 13.8. The van der Waals surface area contributed by atoms with Crippen molar-refractivity contribution in [3.63, 3.8) is 0 Å². The molecule has 2 aromatic rings. The van der Waals surface area contributed by atoms with Crippen LogP contribution in [0.5, 0.6) is 0 Å². The highest BCUT2D eigenvalue weighted by Gasteiger charge is 2.11. The van der Waals surface area contributed by atoms with Gasteiger partial charge in [-0.25, -0.2) is 9.78 Å². The number of nitrogens with zero attached hydrogens (tertiary/aromatic N) is 1. The van der Waals surface area contributed by atoms with E-state index in [0.29, 0.717) is 12.2 Å². The molecule has 0 aliphatic heterocycles. The van der Waals surface area contributed by atoms with Crippen molar-refractivity contribution < 1.29 is 9.90 Å². The zero-order valence-electron chi connectivity index (χ0n) is 10.5. The van der Waals surface area contributed by atoms with E-state index in [1.165, 1.54) is 0 Å². The molecule has 0 saturated heterocycles. The Hall–Kier alpha value is -2.08. The molecule has 0 aliphatic carbocycles. The predicted molar refractivity (Wildman–Crippen MR) is 76.9 cm³/mol. The molecular weight excluding hydrogens is 262 g/mol. The average molecular weight is 277 g/mol. The molecule has 1 aromatic heterocycles. The quantitative estimate of drug-likeness (QED) is 0.730. The first kappa shape index (κ1) is 13.4. The number of carboxylic acid groups (broad SMARTS) is 1. The summed E-state index contributed by atoms with van der Waals surface area (Å²) in [5.41, 5.74) is 7.72. The fraction of sp³-hybridized carbons (Fsp3) is 0.231. The van der Waals surface area contributed by atoms with E-state index < -0.39 is 5.97 Å². The van der Waals surface area contributed by atoms with Gasteiger partial charge >= 0.3 is 5.97 Å². The molecule has 0 radical (unpaired) electrons. The van der Waals surface area contributed by atoms with Crippen LogP contribution in [0.2, 0.25) is 0 Å². The van der Waals surface area contributed by atoms with Crippen LogP contribution in [0.15, 0.2) is 23.7 Å². The van der Waals surface area contributed by atoms with Crippen LogP contribution in [-0.4, -0.2) is 22.6 Å². The highest BCUT2D eigenvalue weighted by atomic mass is 32.1. The second kappa shape index (κ2) is 5.71. The van der Waals surface area contributed by atoms with Crippen LogP contribution in [0.3, 0.4) is 0 Å². The molecule has 1 aromatic carbocycles. The molecule has 0 saturated carbocycles. The van der Waals surface area contributed by atoms with Gasteiger partial charge in [0.05, 0.1) is 10.6 Å². The number of rotatable bonds is 5. The Labute approximate surface area is 115 Å². The molecule has 0 spiro atoms. The lowest BCUT2D eigenvalue weighted by Gasteiger charge is -2.10. The molecule has 100 valence electrons. The molecule has 2 rings (SSSR count). The van der Waals surface area contributed by atoms with Crippen molar-refractivity contribution in [3.05, 3.63) is 39.8 Å². The SMILES string of the molecule is Cc1cc(NCCc2nccs2)cc(C(=O)O)c1N. The monoisotopic (exact) mass is 277 g/mol. The maximum Gasteiger partial charge on any atom is 0.337 e. The van der Waals surface area contributed by atoms with Crippen molar-refractivity contribution in [2.75, 3.05) is 17.6 Å². The summed E-state index contributed by atoms with van der Waals surface area (Å²) in [6.45, 7) is 2.50. The zero-order valence-corrected chi connectivity index (χ0v) is 11.3. The third-order valence-corrected chi connectivity index (χ3v) is 3.61. The van der Waals surface area contributed by atoms with Crippen LogP contribution in [0.4, 0.5) is 11.4 Å². The Morgan fingerprint density at radius 1 is 1.53 bits per heavy atom. The molecule has 0 fully saturated rings. The molecule has 0 atom stereocenters. The number of benzene rings is 1. The normalized spacial score (nSPS) is 10.4. The van der Waals surface area contributed by atoms with Gasteiger partial charge in [-0.2, -0.15) is 0 Å². The summed E-state index contributed by atoms with van der Waals surface area (Å²) in [4.78, 5) is 15.3. The Morgan fingerprint density at radius 2 is 2.32 bits per heavy atom. The largest absolute Gasteiger partial charge is 0.478 e. The van der Waals surface area contributed by atoms with E-state index in [1.807, 2.05) is 11.4 Å². The van der Waals surface area contributed by atoms with E-state index in [-0.39, 0.29) is 5.56 Å². The predicted octanol–water partition coefficient (Wildman–Crippen LogP) is 2.39. The van der Waals surface area contributed by atoms with Crippen LogP contribution in [0, 0.1) is 6.92 Å². The number of carbonyl (C=O) groups is 1. The molecule has 0 bridgehead atoms. The standard InChI is InChI=1S/C13H15N3O2S/c1-8-6-9(7-10(12(8)14)13(17)18)15-3-2-11-16-4-5-19-11/h4-7,15H,2-3,14H2,1H3,(H,17,18). The highest BCUT2D eigenvalue weighted by molar-refractivity contribution is 7.09. The maximum atomic E-state index is 11.1. The number of aryl methyl sites for hydroxylation is 1. The van der Waals surface area contributed by atoms with Gasteiger partial charge in [-0.3, -0.25) is 0 Å². The molecule has 6 heteroatoms. The number of hydrogen-bond donors (Lipinski definition) is 3. The molecule has 4 N–H and O–H groups in total. The van der Waals surface area contributed by atoms with E-state index in [9.17, 15) is 4.79 Å². The fourth-order valence-electron chi connectivity index (χ4n) is 1.77. The number of nitrogen functional groups attached to an aromatic ring is 1. The number of thiazole rings is 1. The van der Waals surface area contributed by atoms with Gasteiger partial charge in [0.2, 0.25) is 0 Å². The summed E-state index contributed by atoms with van der Waals surface area (Å²) < 4.78 is 0. The van der Waals surface area contributed by atoms with E-state index in [0.717, 1.165) is 22.7 Å². The Balaban J connectivity index is 2.06. The Kier molecular flexibility index (Phi) is 4.01. The summed E-state index contributed by atoms with van der Waals surface area (Å²) in [5, 5.41) is 15.3. The summed E-state index contributed by atoms with van der Waals surface area (Å²) in [6, 6.07) is 3.41. The summed E-state index contributed by atoms with van der Waals surface area (Å²) in [7, 11) is 0. The topological polar surface area (TPSA) is 88.2 Å². The molecule has 5 nitrogen and oxygen atoms in total. The van der Waals surface area contributed by atoms with E-state index >= 15 is 0 Å². The first-order valence-electron chi connectivity index (χ1n) is 5.83. The van der Waals surface area contributed by atoms with Gasteiger partial charge in [0.1, 0.15) is 0 Å². The van der Waals surface area contributed by atoms with E-state index in [1.54, 1.807) is 30.5 Å². The lowest BCUT2D eigenvalue weighted by Crippen LogP contribution is -2.09. The number of hydrogen-bond acceptors (Lipinski definition) is 5. The Bertz CT molecular complexity index is 582. The van der Waals surface area contributed by atoms with Crippen molar-refractivity contribution in [2.45, 2.75) is 13.3 Å². The van der Waals surface area contributed by atoms with Gasteiger partial charge in [-0.15, -0.1) is 11.3 Å². The fourth-order valence-corrected chi connectivity index (χ4v) is 2.39. The lowest BCUT2D eigenvalue weighted by atomic mass is 10.1. The van der Waals surface area contributed by atoms with Crippen molar-refractivity contribution in [3.8, 4) is 0 Å². The first-order valence-corrected chi connectivity index (χ1v) is 6.71. The van der Waals surface area contributed by atoms with Gasteiger partial charge in [-0.05, 0) is 24.6 Å². The number of anilines is 2. The van der Waals surface area contributed by atoms with Crippen LogP contribution in [0.25, 0.3) is 0 Å². The minimum atomic E-state index is -1.01. The minimum Gasteiger partial charge on any atom is -0.478 e. The molecule has 1 heterocycles. The van der Waals surface area contributed by atoms with Crippen molar-refractivity contribution in [1.82, 2.24) is 4.98 Å². The smallest absolute Gasteiger partial charge is 0.337 e. The van der Waals surface area contributed by atoms with Crippen LogP contribution < -0.4 is 11.1 Å². The van der Waals surface area contributed by atoms with Crippen LogP contribution in [-0.2, 0) is 6.42 Å². The maximum absolute atomic E-state index is 11.1. The summed E-state index contributed by atoms with van der Waals surface area (Å²) in [6.07, 6.45) is 2.58. The second-order valence-electron chi connectivity index (χ2n) is 4.16. The minimum absolute atomic E-state index is 0.136. The molecular formula is C13H15N3O2S. The third-order valence-electron chi connectivity index (χ3n) is 2.77. The number of carboxylic acids is 1. The number of aromatic carboxylic acids is 1. The van der Waals surface area contributed by atoms with Crippen LogP contribution in [0.1, 0.15) is 20.9 Å². The average Bonchev–Trinajstić information content (AvgIpc) is 2.86. The molecule has 0 unspecified atom stereocenters. The van der Waals surface area contributed by atoms with Gasteiger partial charge < -0.3 is 16.2 Å². The Morgan fingerprint density at radius 3 is 2.95 bits per heavy atom. The number of nitrogens with one attached hydrogen (secondary N) is 1. The summed E-state index contributed by atoms with van der Waals surface area (Å²) >= 11 is 1.61. The third kappa shape index (κ3) is 3.23. The lowest BCUT2D eigenvalue weighted by molar-refractivity contribution is 0.0698. The van der Waals surface area contributed by atoms with Gasteiger partial charge in [0.25, 0.3) is 0 Å². The molecule has 0 amide bonds. The van der Waals surface area contributed by atoms with Crippen molar-refractivity contribution in [1.29, 1.82) is 0 Å².